The van der Waals surface area contributed by atoms with E-state index < -0.39 is 0 Å². The lowest BCUT2D eigenvalue weighted by Gasteiger charge is -2.19. The SMILES string of the molecule is CCCNC(CCC1CCCC1)Cc1cccs1. The third-order valence-corrected chi connectivity index (χ3v) is 5.01. The molecule has 0 aromatic carbocycles. The summed E-state index contributed by atoms with van der Waals surface area (Å²) in [5, 5.41) is 5.94. The highest BCUT2D eigenvalue weighted by atomic mass is 32.1. The lowest BCUT2D eigenvalue weighted by atomic mass is 9.96. The van der Waals surface area contributed by atoms with Crippen LogP contribution in [0.3, 0.4) is 0 Å². The zero-order chi connectivity index (χ0) is 12.6. The average molecular weight is 265 g/mol. The normalized spacial score (nSPS) is 18.3. The standard InChI is InChI=1S/C16H27NS/c1-2-11-17-15(13-16-8-5-12-18-16)10-9-14-6-3-4-7-14/h5,8,12,14-15,17H,2-4,6-7,9-11,13H2,1H3. The lowest BCUT2D eigenvalue weighted by molar-refractivity contribution is 0.403. The fourth-order valence-electron chi connectivity index (χ4n) is 3.03. The quantitative estimate of drug-likeness (QED) is 0.722. The molecule has 1 N–H and O–H groups in total. The van der Waals surface area contributed by atoms with Crippen molar-refractivity contribution in [3.05, 3.63) is 22.4 Å². The molecular formula is C16H27NS. The maximum absolute atomic E-state index is 3.74. The topological polar surface area (TPSA) is 12.0 Å². The number of hydrogen-bond donors (Lipinski definition) is 1. The second kappa shape index (κ2) is 7.96. The monoisotopic (exact) mass is 265 g/mol. The predicted octanol–water partition coefficient (Wildman–Crippen LogP) is 4.63. The molecule has 0 radical (unpaired) electrons. The van der Waals surface area contributed by atoms with Crippen LogP contribution in [-0.4, -0.2) is 12.6 Å². The predicted molar refractivity (Wildman–Crippen MR) is 81.3 cm³/mol. The molecule has 1 aliphatic carbocycles. The smallest absolute Gasteiger partial charge is 0.0115 e. The van der Waals surface area contributed by atoms with Gasteiger partial charge in [0.2, 0.25) is 0 Å². The molecule has 1 saturated carbocycles. The molecule has 1 nitrogen and oxygen atoms in total. The molecule has 1 aliphatic rings. The minimum atomic E-state index is 0.698. The molecular weight excluding hydrogens is 238 g/mol. The Balaban J connectivity index is 1.76. The van der Waals surface area contributed by atoms with E-state index in [2.05, 4.69) is 29.8 Å². The maximum atomic E-state index is 3.74. The Labute approximate surface area is 116 Å². The number of thiophene rings is 1. The number of hydrogen-bond acceptors (Lipinski definition) is 2. The molecule has 1 aromatic rings. The molecule has 1 fully saturated rings. The summed E-state index contributed by atoms with van der Waals surface area (Å²) in [5.74, 6) is 1.03. The van der Waals surface area contributed by atoms with Gasteiger partial charge >= 0.3 is 0 Å². The second-order valence-electron chi connectivity index (χ2n) is 5.66. The van der Waals surface area contributed by atoms with Crippen molar-refractivity contribution in [3.63, 3.8) is 0 Å². The number of nitrogens with one attached hydrogen (secondary N) is 1. The molecule has 1 atom stereocenters. The van der Waals surface area contributed by atoms with E-state index in [0.717, 1.165) is 5.92 Å². The summed E-state index contributed by atoms with van der Waals surface area (Å²) in [5.41, 5.74) is 0. The van der Waals surface area contributed by atoms with Gasteiger partial charge in [0.25, 0.3) is 0 Å². The molecule has 102 valence electrons. The van der Waals surface area contributed by atoms with Crippen LogP contribution in [0.5, 0.6) is 0 Å². The molecule has 0 saturated heterocycles. The van der Waals surface area contributed by atoms with Crippen molar-refractivity contribution < 1.29 is 0 Å². The second-order valence-corrected chi connectivity index (χ2v) is 6.69. The Morgan fingerprint density at radius 2 is 2.22 bits per heavy atom. The van der Waals surface area contributed by atoms with Gasteiger partial charge in [-0.25, -0.2) is 0 Å². The van der Waals surface area contributed by atoms with Gasteiger partial charge in [0.1, 0.15) is 0 Å². The summed E-state index contributed by atoms with van der Waals surface area (Å²) in [4.78, 5) is 1.54. The van der Waals surface area contributed by atoms with Crippen molar-refractivity contribution in [2.45, 2.75) is 64.3 Å². The zero-order valence-electron chi connectivity index (χ0n) is 11.7. The van der Waals surface area contributed by atoms with Gasteiger partial charge in [0.05, 0.1) is 0 Å². The minimum Gasteiger partial charge on any atom is -0.314 e. The van der Waals surface area contributed by atoms with Crippen LogP contribution in [-0.2, 0) is 6.42 Å². The Morgan fingerprint density at radius 3 is 2.89 bits per heavy atom. The van der Waals surface area contributed by atoms with Gasteiger partial charge in [-0.15, -0.1) is 11.3 Å². The van der Waals surface area contributed by atoms with Crippen LogP contribution in [0, 0.1) is 5.92 Å². The Kier molecular flexibility index (Phi) is 6.22. The van der Waals surface area contributed by atoms with Gasteiger partial charge in [0, 0.05) is 10.9 Å². The molecule has 1 unspecified atom stereocenters. The summed E-state index contributed by atoms with van der Waals surface area (Å²) in [6.07, 6.45) is 11.2. The number of rotatable bonds is 8. The summed E-state index contributed by atoms with van der Waals surface area (Å²) >= 11 is 1.90. The van der Waals surface area contributed by atoms with Crippen molar-refractivity contribution in [1.82, 2.24) is 5.32 Å². The van der Waals surface area contributed by atoms with Gasteiger partial charge in [-0.3, -0.25) is 0 Å². The van der Waals surface area contributed by atoms with E-state index >= 15 is 0 Å². The lowest BCUT2D eigenvalue weighted by Crippen LogP contribution is -2.32. The van der Waals surface area contributed by atoms with Crippen LogP contribution >= 0.6 is 11.3 Å². The molecule has 0 spiro atoms. The molecule has 18 heavy (non-hydrogen) atoms. The first-order chi connectivity index (χ1) is 8.88. The van der Waals surface area contributed by atoms with E-state index in [-0.39, 0.29) is 0 Å². The van der Waals surface area contributed by atoms with Crippen LogP contribution < -0.4 is 5.32 Å². The highest BCUT2D eigenvalue weighted by Gasteiger charge is 2.17. The zero-order valence-corrected chi connectivity index (χ0v) is 12.5. The summed E-state index contributed by atoms with van der Waals surface area (Å²) in [7, 11) is 0. The highest BCUT2D eigenvalue weighted by Crippen LogP contribution is 2.29. The van der Waals surface area contributed by atoms with E-state index in [4.69, 9.17) is 0 Å². The van der Waals surface area contributed by atoms with Crippen molar-refractivity contribution in [1.29, 1.82) is 0 Å². The van der Waals surface area contributed by atoms with E-state index in [1.165, 1.54) is 62.8 Å². The molecule has 1 aromatic heterocycles. The van der Waals surface area contributed by atoms with E-state index in [1.54, 1.807) is 0 Å². The van der Waals surface area contributed by atoms with E-state index in [0.29, 0.717) is 6.04 Å². The van der Waals surface area contributed by atoms with Gasteiger partial charge in [-0.05, 0) is 49.6 Å². The summed E-state index contributed by atoms with van der Waals surface area (Å²) in [6.45, 7) is 3.42. The highest BCUT2D eigenvalue weighted by molar-refractivity contribution is 7.09. The first-order valence-electron chi connectivity index (χ1n) is 7.64. The third-order valence-electron chi connectivity index (χ3n) is 4.11. The summed E-state index contributed by atoms with van der Waals surface area (Å²) < 4.78 is 0. The largest absolute Gasteiger partial charge is 0.314 e. The van der Waals surface area contributed by atoms with Crippen LogP contribution in [0.4, 0.5) is 0 Å². The molecule has 2 rings (SSSR count). The van der Waals surface area contributed by atoms with Gasteiger partial charge < -0.3 is 5.32 Å². The van der Waals surface area contributed by atoms with Gasteiger partial charge in [-0.1, -0.05) is 38.7 Å². The van der Waals surface area contributed by atoms with Crippen LogP contribution in [0.1, 0.15) is 56.7 Å². The third kappa shape index (κ3) is 4.74. The molecule has 2 heteroatoms. The molecule has 0 amide bonds. The first-order valence-corrected chi connectivity index (χ1v) is 8.52. The summed E-state index contributed by atoms with van der Waals surface area (Å²) in [6, 6.07) is 5.15. The van der Waals surface area contributed by atoms with E-state index in [1.807, 2.05) is 11.3 Å². The molecule has 0 bridgehead atoms. The van der Waals surface area contributed by atoms with Crippen LogP contribution in [0.15, 0.2) is 17.5 Å². The Bertz CT molecular complexity index is 301. The van der Waals surface area contributed by atoms with Gasteiger partial charge in [0.15, 0.2) is 0 Å². The van der Waals surface area contributed by atoms with Crippen LogP contribution in [0.2, 0.25) is 0 Å². The fourth-order valence-corrected chi connectivity index (χ4v) is 3.82. The van der Waals surface area contributed by atoms with Gasteiger partial charge in [-0.2, -0.15) is 0 Å². The Morgan fingerprint density at radius 1 is 1.39 bits per heavy atom. The fraction of sp³-hybridized carbons (Fsp3) is 0.750. The van der Waals surface area contributed by atoms with Crippen molar-refractivity contribution in [2.24, 2.45) is 5.92 Å². The average Bonchev–Trinajstić information content (AvgIpc) is 3.05. The van der Waals surface area contributed by atoms with Crippen molar-refractivity contribution in [3.8, 4) is 0 Å². The molecule has 1 heterocycles. The minimum absolute atomic E-state index is 0.698. The molecule has 0 aliphatic heterocycles. The van der Waals surface area contributed by atoms with Crippen molar-refractivity contribution in [2.75, 3.05) is 6.54 Å². The maximum Gasteiger partial charge on any atom is 0.0115 e. The van der Waals surface area contributed by atoms with E-state index in [9.17, 15) is 0 Å². The van der Waals surface area contributed by atoms with Crippen molar-refractivity contribution >= 4 is 11.3 Å². The Hall–Kier alpha value is -0.340. The first kappa shape index (κ1) is 14.1. The van der Waals surface area contributed by atoms with Crippen LogP contribution in [0.25, 0.3) is 0 Å².